The number of nitrogens with two attached hydrogens (primary N) is 1. The third kappa shape index (κ3) is 3.34. The van der Waals surface area contributed by atoms with Crippen molar-refractivity contribution >= 4 is 23.5 Å². The van der Waals surface area contributed by atoms with Crippen LogP contribution in [0.5, 0.6) is 0 Å². The van der Waals surface area contributed by atoms with Crippen molar-refractivity contribution in [2.45, 2.75) is 25.2 Å². The number of nitrogen functional groups attached to an aromatic ring is 1. The van der Waals surface area contributed by atoms with E-state index in [0.717, 1.165) is 29.7 Å². The van der Waals surface area contributed by atoms with E-state index in [9.17, 15) is 4.79 Å². The number of aromatic amines is 1. The number of anilines is 3. The first-order valence-corrected chi connectivity index (χ1v) is 8.31. The molecule has 0 saturated heterocycles. The molecule has 1 saturated carbocycles. The highest BCUT2D eigenvalue weighted by Crippen LogP contribution is 2.48. The smallest absolute Gasteiger partial charge is 0.384 e. The van der Waals surface area contributed by atoms with E-state index in [1.807, 2.05) is 12.1 Å². The van der Waals surface area contributed by atoms with Crippen LogP contribution >= 0.6 is 0 Å². The molecule has 132 valence electrons. The van der Waals surface area contributed by atoms with Gasteiger partial charge in [-0.25, -0.2) is 14.8 Å². The van der Waals surface area contributed by atoms with Gasteiger partial charge >= 0.3 is 6.03 Å². The maximum absolute atomic E-state index is 12.1. The molecule has 1 fully saturated rings. The first-order valence-electron chi connectivity index (χ1n) is 8.31. The molecule has 0 unspecified atom stereocenters. The number of carbonyl (C=O) groups excluding carboxylic acids is 1. The fourth-order valence-electron chi connectivity index (χ4n) is 2.58. The summed E-state index contributed by atoms with van der Waals surface area (Å²) in [6, 6.07) is 8.64. The Morgan fingerprint density at radius 1 is 1.23 bits per heavy atom. The molecule has 3 aromatic rings. The Bertz CT molecular complexity index is 929. The summed E-state index contributed by atoms with van der Waals surface area (Å²) in [7, 11) is 0. The van der Waals surface area contributed by atoms with Crippen LogP contribution in [0.1, 0.15) is 25.5 Å². The van der Waals surface area contributed by atoms with Crippen LogP contribution in [-0.4, -0.2) is 16.2 Å². The number of rotatable bonds is 4. The molecule has 8 heteroatoms. The van der Waals surface area contributed by atoms with E-state index in [0.29, 0.717) is 17.5 Å². The molecule has 5 N–H and O–H groups in total. The van der Waals surface area contributed by atoms with Crippen LogP contribution in [0.3, 0.4) is 0 Å². The van der Waals surface area contributed by atoms with Crippen LogP contribution in [0, 0.1) is 0 Å². The molecule has 3 heterocycles. The van der Waals surface area contributed by atoms with Crippen molar-refractivity contribution in [3.05, 3.63) is 48.5 Å². The van der Waals surface area contributed by atoms with Crippen molar-refractivity contribution in [3.63, 3.8) is 0 Å². The number of aromatic nitrogens is 3. The van der Waals surface area contributed by atoms with Gasteiger partial charge in [-0.05, 0) is 31.0 Å². The van der Waals surface area contributed by atoms with Crippen LogP contribution in [-0.2, 0) is 5.41 Å². The number of nitrogens with zero attached hydrogens (tertiary/aromatic N) is 2. The molecule has 0 bridgehead atoms. The van der Waals surface area contributed by atoms with Gasteiger partial charge in [0.2, 0.25) is 0 Å². The van der Waals surface area contributed by atoms with Crippen LogP contribution in [0.15, 0.2) is 47.2 Å². The Balaban J connectivity index is 1.38. The van der Waals surface area contributed by atoms with Crippen LogP contribution < -0.4 is 21.4 Å². The first-order chi connectivity index (χ1) is 12.5. The number of nitrogens with one attached hydrogen (secondary N) is 3. The number of carbonyl (C=O) groups is 1. The molecule has 0 aliphatic heterocycles. The summed E-state index contributed by atoms with van der Waals surface area (Å²) < 4.78 is 5.30. The highest BCUT2D eigenvalue weighted by atomic mass is 16.5. The number of urea groups is 1. The van der Waals surface area contributed by atoms with E-state index in [1.54, 1.807) is 30.6 Å². The van der Waals surface area contributed by atoms with Crippen molar-refractivity contribution in [2.75, 3.05) is 16.4 Å². The maximum Gasteiger partial charge on any atom is 0.412 e. The largest absolute Gasteiger partial charge is 0.412 e. The van der Waals surface area contributed by atoms with Crippen LogP contribution in [0.2, 0.25) is 0 Å². The van der Waals surface area contributed by atoms with Crippen molar-refractivity contribution in [2.24, 2.45) is 0 Å². The zero-order valence-corrected chi connectivity index (χ0v) is 14.2. The Morgan fingerprint density at radius 3 is 2.69 bits per heavy atom. The second-order valence-electron chi connectivity index (χ2n) is 6.68. The lowest BCUT2D eigenvalue weighted by Gasteiger charge is -2.01. The molecule has 26 heavy (non-hydrogen) atoms. The number of H-pyrrole nitrogens is 1. The molecular formula is C18H19N6O2+. The molecule has 3 aromatic heterocycles. The van der Waals surface area contributed by atoms with E-state index in [2.05, 4.69) is 32.7 Å². The molecule has 1 aliphatic carbocycles. The average molecular weight is 351 g/mol. The topological polar surface area (TPSA) is 120 Å². The molecule has 8 nitrogen and oxygen atoms in total. The number of hydrogen-bond donors (Lipinski definition) is 3. The molecule has 4 rings (SSSR count). The number of pyridine rings is 2. The zero-order valence-electron chi connectivity index (χ0n) is 14.2. The van der Waals surface area contributed by atoms with E-state index in [4.69, 9.17) is 10.3 Å². The normalized spacial score (nSPS) is 14.7. The molecule has 0 aromatic carbocycles. The minimum atomic E-state index is -0.399. The molecule has 1 aliphatic rings. The Hall–Kier alpha value is -3.42. The molecule has 2 amide bonds. The fraction of sp³-hybridized carbons (Fsp3) is 0.222. The number of hydrogen-bond acceptors (Lipinski definition) is 5. The summed E-state index contributed by atoms with van der Waals surface area (Å²) in [5, 5.41) is 9.27. The van der Waals surface area contributed by atoms with Gasteiger partial charge in [0.15, 0.2) is 5.82 Å². The number of amides is 2. The van der Waals surface area contributed by atoms with Gasteiger partial charge in [0.05, 0.1) is 6.20 Å². The van der Waals surface area contributed by atoms with E-state index >= 15 is 0 Å². The molecule has 0 atom stereocenters. The quantitative estimate of drug-likeness (QED) is 0.667. The van der Waals surface area contributed by atoms with Crippen molar-refractivity contribution in [1.29, 1.82) is 0 Å². The Kier molecular flexibility index (Phi) is 3.80. The monoisotopic (exact) mass is 351 g/mol. The summed E-state index contributed by atoms with van der Waals surface area (Å²) in [6.45, 7) is 2.12. The standard InChI is InChI=1S/C18H18N6O2/c1-18(6-7-18)13-8-16(24-26-13)23-17(25)22-15-5-3-12(10-21-15)11-2-4-14(19)20-9-11/h2-5,8-10H,6-7H2,1H3,(H2,19,20)(H2,21,22,23,24,25)/p+1. The van der Waals surface area contributed by atoms with Crippen LogP contribution in [0.25, 0.3) is 11.1 Å². The van der Waals surface area contributed by atoms with Gasteiger partial charge in [-0.3, -0.25) is 5.32 Å². The van der Waals surface area contributed by atoms with Gasteiger partial charge in [0, 0.05) is 34.9 Å². The highest BCUT2D eigenvalue weighted by molar-refractivity contribution is 5.98. The lowest BCUT2D eigenvalue weighted by atomic mass is 10.1. The van der Waals surface area contributed by atoms with Gasteiger partial charge in [-0.2, -0.15) is 5.32 Å². The summed E-state index contributed by atoms with van der Waals surface area (Å²) in [6.07, 6.45) is 5.64. The van der Waals surface area contributed by atoms with E-state index < -0.39 is 6.03 Å². The molecular weight excluding hydrogens is 332 g/mol. The summed E-state index contributed by atoms with van der Waals surface area (Å²) in [5.41, 5.74) is 7.52. The van der Waals surface area contributed by atoms with E-state index in [1.165, 1.54) is 0 Å². The fourth-order valence-corrected chi connectivity index (χ4v) is 2.58. The minimum Gasteiger partial charge on any atom is -0.384 e. The summed E-state index contributed by atoms with van der Waals surface area (Å²) >= 11 is 0. The van der Waals surface area contributed by atoms with Gasteiger partial charge in [0.25, 0.3) is 5.82 Å². The van der Waals surface area contributed by atoms with Crippen LogP contribution in [0.4, 0.5) is 22.2 Å². The maximum atomic E-state index is 12.1. The summed E-state index contributed by atoms with van der Waals surface area (Å²) in [4.78, 5) is 19.2. The predicted octanol–water partition coefficient (Wildman–Crippen LogP) is 2.83. The first kappa shape index (κ1) is 16.1. The van der Waals surface area contributed by atoms with Crippen molar-refractivity contribution < 1.29 is 14.3 Å². The van der Waals surface area contributed by atoms with Gasteiger partial charge in [-0.15, -0.1) is 0 Å². The third-order valence-corrected chi connectivity index (χ3v) is 4.53. The SMILES string of the molecule is CC1(c2cc(NC(=O)Nc3ccc(-c4ccc(N)nc4)c[nH+]3)no2)CC1. The zero-order chi connectivity index (χ0) is 18.1. The predicted molar refractivity (Wildman–Crippen MR) is 96.4 cm³/mol. The Morgan fingerprint density at radius 2 is 2.04 bits per heavy atom. The Labute approximate surface area is 149 Å². The van der Waals surface area contributed by atoms with Gasteiger partial charge in [-0.1, -0.05) is 12.1 Å². The third-order valence-electron chi connectivity index (χ3n) is 4.53. The summed E-state index contributed by atoms with van der Waals surface area (Å²) in [5.74, 6) is 2.22. The van der Waals surface area contributed by atoms with Crippen molar-refractivity contribution in [3.8, 4) is 11.1 Å². The lowest BCUT2D eigenvalue weighted by Crippen LogP contribution is -2.24. The van der Waals surface area contributed by atoms with Crippen molar-refractivity contribution in [1.82, 2.24) is 10.1 Å². The van der Waals surface area contributed by atoms with E-state index in [-0.39, 0.29) is 5.41 Å². The lowest BCUT2D eigenvalue weighted by molar-refractivity contribution is -0.359. The van der Waals surface area contributed by atoms with Gasteiger partial charge < -0.3 is 10.3 Å². The average Bonchev–Trinajstić information content (AvgIpc) is 3.20. The second-order valence-corrected chi connectivity index (χ2v) is 6.68. The molecule has 0 radical (unpaired) electrons. The van der Waals surface area contributed by atoms with Gasteiger partial charge in [0.1, 0.15) is 11.6 Å². The molecule has 0 spiro atoms. The minimum absolute atomic E-state index is 0.0734. The second kappa shape index (κ2) is 6.14. The highest BCUT2D eigenvalue weighted by Gasteiger charge is 2.43.